The van der Waals surface area contributed by atoms with Crippen molar-refractivity contribution in [2.45, 2.75) is 62.9 Å². The maximum atomic E-state index is 16.1. The molecule has 9 nitrogen and oxygen atoms in total. The number of carbonyl (C=O) groups excluding carboxylic acids is 1. The molecule has 3 aromatic rings. The Balaban J connectivity index is 1.29. The van der Waals surface area contributed by atoms with Crippen molar-refractivity contribution in [3.8, 4) is 17.1 Å². The first kappa shape index (κ1) is 29.5. The fourth-order valence-corrected chi connectivity index (χ4v) is 7.91. The lowest BCUT2D eigenvalue weighted by Gasteiger charge is -2.39. The summed E-state index contributed by atoms with van der Waals surface area (Å²) in [6.45, 7) is 13.9. The van der Waals surface area contributed by atoms with Crippen LogP contribution in [0.2, 0.25) is 0 Å². The van der Waals surface area contributed by atoms with Crippen molar-refractivity contribution >= 4 is 22.6 Å². The topological polar surface area (TPSA) is 79.1 Å². The third kappa shape index (κ3) is 5.39. The van der Waals surface area contributed by atoms with Gasteiger partial charge in [0.2, 0.25) is 6.54 Å². The van der Waals surface area contributed by atoms with Crippen LogP contribution >= 0.6 is 0 Å². The van der Waals surface area contributed by atoms with Crippen LogP contribution < -0.4 is 9.64 Å². The number of ether oxygens (including phenoxy) is 1. The van der Waals surface area contributed by atoms with Crippen LogP contribution in [0.3, 0.4) is 0 Å². The van der Waals surface area contributed by atoms with Crippen molar-refractivity contribution in [2.75, 3.05) is 50.8 Å². The highest BCUT2D eigenvalue weighted by atomic mass is 19.1. The number of aromatic nitrogens is 3. The Kier molecular flexibility index (Phi) is 7.86. The Bertz CT molecular complexity index is 1700. The molecular weight excluding hydrogens is 576 g/mol. The minimum atomic E-state index is -1.05. The summed E-state index contributed by atoms with van der Waals surface area (Å²) in [4.78, 5) is 35.9. The number of halogens is 2. The van der Waals surface area contributed by atoms with Crippen molar-refractivity contribution in [1.29, 1.82) is 0 Å². The molecule has 3 aliphatic heterocycles. The molecule has 0 saturated carbocycles. The summed E-state index contributed by atoms with van der Waals surface area (Å²) >= 11 is 0. The first-order valence-corrected chi connectivity index (χ1v) is 16.0. The number of benzene rings is 1. The molecule has 0 radical (unpaired) electrons. The van der Waals surface area contributed by atoms with Gasteiger partial charge in [0.15, 0.2) is 5.83 Å². The smallest absolute Gasteiger partial charge is 0.319 e. The van der Waals surface area contributed by atoms with Crippen LogP contribution in [0.1, 0.15) is 49.7 Å². The standard InChI is InChI=1S/C34H37F2N7O2/c1-22(35)32(44)43-14-13-41(20-24(43)18-37-2)31-27-15-29(36)26(28-19-38-17-23-7-3-4-8-25(23)28)16-30(27)39-33(40-31)45-21-34-9-5-11-42(34)12-6-10-34/h15-17,19,24H,1,3-14,18,20-21H2/t24-/m0/s1. The molecular formula is C34H37F2N7O2. The van der Waals surface area contributed by atoms with Gasteiger partial charge >= 0.3 is 6.01 Å². The molecule has 1 atom stereocenters. The number of rotatable bonds is 7. The highest BCUT2D eigenvalue weighted by Gasteiger charge is 2.45. The van der Waals surface area contributed by atoms with Crippen LogP contribution in [-0.2, 0) is 17.6 Å². The van der Waals surface area contributed by atoms with E-state index >= 15 is 4.39 Å². The second kappa shape index (κ2) is 12.0. The number of piperazine rings is 1. The molecule has 0 bridgehead atoms. The molecule has 11 heteroatoms. The first-order chi connectivity index (χ1) is 21.9. The van der Waals surface area contributed by atoms with E-state index in [0.29, 0.717) is 35.4 Å². The quantitative estimate of drug-likeness (QED) is 0.270. The lowest BCUT2D eigenvalue weighted by molar-refractivity contribution is -0.131. The minimum Gasteiger partial charge on any atom is -0.461 e. The van der Waals surface area contributed by atoms with Gasteiger partial charge in [-0.1, -0.05) is 6.58 Å². The third-order valence-corrected chi connectivity index (χ3v) is 10.2. The number of amides is 1. The molecule has 7 rings (SSSR count). The van der Waals surface area contributed by atoms with E-state index in [-0.39, 0.29) is 31.2 Å². The second-order valence-corrected chi connectivity index (χ2v) is 12.8. The van der Waals surface area contributed by atoms with E-state index in [1.807, 2.05) is 11.1 Å². The van der Waals surface area contributed by atoms with Gasteiger partial charge in [-0.3, -0.25) is 14.7 Å². The maximum Gasteiger partial charge on any atom is 0.319 e. The predicted molar refractivity (Wildman–Crippen MR) is 167 cm³/mol. The first-order valence-electron chi connectivity index (χ1n) is 16.0. The summed E-state index contributed by atoms with van der Waals surface area (Å²) in [6, 6.07) is 2.88. The van der Waals surface area contributed by atoms with Crippen molar-refractivity contribution in [3.63, 3.8) is 0 Å². The summed E-state index contributed by atoms with van der Waals surface area (Å²) < 4.78 is 36.3. The van der Waals surface area contributed by atoms with Gasteiger partial charge in [-0.25, -0.2) is 15.4 Å². The van der Waals surface area contributed by atoms with Crippen molar-refractivity contribution < 1.29 is 18.3 Å². The lowest BCUT2D eigenvalue weighted by atomic mass is 9.87. The Morgan fingerprint density at radius 2 is 1.87 bits per heavy atom. The van der Waals surface area contributed by atoms with Gasteiger partial charge < -0.3 is 19.4 Å². The van der Waals surface area contributed by atoms with Crippen LogP contribution in [-0.4, -0.2) is 88.1 Å². The molecule has 1 amide bonds. The average molecular weight is 614 g/mol. The van der Waals surface area contributed by atoms with Gasteiger partial charge in [0.1, 0.15) is 24.3 Å². The largest absolute Gasteiger partial charge is 0.461 e. The molecule has 4 aliphatic rings. The number of pyridine rings is 1. The number of hydrogen-bond donors (Lipinski definition) is 0. The van der Waals surface area contributed by atoms with E-state index in [2.05, 4.69) is 21.3 Å². The van der Waals surface area contributed by atoms with Gasteiger partial charge in [-0.05, 0) is 87.7 Å². The van der Waals surface area contributed by atoms with Gasteiger partial charge in [-0.2, -0.15) is 9.97 Å². The molecule has 2 aromatic heterocycles. The molecule has 5 heterocycles. The van der Waals surface area contributed by atoms with E-state index in [0.717, 1.165) is 81.1 Å². The number of hydrogen-bond acceptors (Lipinski definition) is 7. The molecule has 0 unspecified atom stereocenters. The zero-order valence-corrected chi connectivity index (χ0v) is 25.4. The van der Waals surface area contributed by atoms with Crippen molar-refractivity contribution in [3.05, 3.63) is 65.3 Å². The molecule has 3 saturated heterocycles. The predicted octanol–water partition coefficient (Wildman–Crippen LogP) is 5.14. The molecule has 0 N–H and O–H groups in total. The fourth-order valence-electron chi connectivity index (χ4n) is 7.91. The van der Waals surface area contributed by atoms with Crippen LogP contribution in [0.4, 0.5) is 14.6 Å². The van der Waals surface area contributed by atoms with Crippen molar-refractivity contribution in [2.24, 2.45) is 0 Å². The summed E-state index contributed by atoms with van der Waals surface area (Å²) in [5, 5.41) is 0.513. The monoisotopic (exact) mass is 613 g/mol. The van der Waals surface area contributed by atoms with E-state index < -0.39 is 23.6 Å². The van der Waals surface area contributed by atoms with Crippen LogP contribution in [0, 0.1) is 12.4 Å². The Hall–Kier alpha value is -4.17. The number of anilines is 1. The highest BCUT2D eigenvalue weighted by molar-refractivity contribution is 5.94. The van der Waals surface area contributed by atoms with E-state index in [9.17, 15) is 9.18 Å². The van der Waals surface area contributed by atoms with Crippen LogP contribution in [0.25, 0.3) is 26.9 Å². The highest BCUT2D eigenvalue weighted by Crippen LogP contribution is 2.40. The lowest BCUT2D eigenvalue weighted by Crippen LogP contribution is -2.56. The maximum absolute atomic E-state index is 16.1. The molecule has 45 heavy (non-hydrogen) atoms. The Morgan fingerprint density at radius 3 is 2.64 bits per heavy atom. The zero-order chi connectivity index (χ0) is 31.1. The average Bonchev–Trinajstić information content (AvgIpc) is 3.64. The van der Waals surface area contributed by atoms with Gasteiger partial charge in [0, 0.05) is 48.5 Å². The Labute approximate surface area is 261 Å². The minimum absolute atomic E-state index is 0.00905. The van der Waals surface area contributed by atoms with Crippen molar-refractivity contribution in [1.82, 2.24) is 24.8 Å². The summed E-state index contributed by atoms with van der Waals surface area (Å²) in [6.07, 6.45) is 12.0. The molecule has 3 fully saturated rings. The van der Waals surface area contributed by atoms with E-state index in [1.54, 1.807) is 12.3 Å². The van der Waals surface area contributed by atoms with Gasteiger partial charge in [0.25, 0.3) is 5.91 Å². The van der Waals surface area contributed by atoms with E-state index in [1.165, 1.54) is 11.0 Å². The summed E-state index contributed by atoms with van der Waals surface area (Å²) in [7, 11) is 0. The number of nitrogens with zero attached hydrogens (tertiary/aromatic N) is 7. The third-order valence-electron chi connectivity index (χ3n) is 10.2. The molecule has 1 aromatic carbocycles. The van der Waals surface area contributed by atoms with Gasteiger partial charge in [0.05, 0.1) is 11.1 Å². The molecule has 0 spiro atoms. The van der Waals surface area contributed by atoms with Crippen LogP contribution in [0.15, 0.2) is 36.9 Å². The summed E-state index contributed by atoms with van der Waals surface area (Å²) in [5.41, 5.74) is 4.07. The summed E-state index contributed by atoms with van der Waals surface area (Å²) in [5.74, 6) is -1.79. The van der Waals surface area contributed by atoms with Crippen LogP contribution in [0.5, 0.6) is 6.01 Å². The van der Waals surface area contributed by atoms with E-state index in [4.69, 9.17) is 21.3 Å². The SMILES string of the molecule is [C-]#[N+]C[C@H]1CN(c2nc(OCC34CCCN3CCC4)nc3cc(-c4cncc5c4CCCC5)c(F)cc23)CCN1C(=O)C(=C)F. The normalized spacial score (nSPS) is 21.0. The molecule has 1 aliphatic carbocycles. The Morgan fingerprint density at radius 1 is 1.07 bits per heavy atom. The number of fused-ring (bicyclic) bond motifs is 3. The number of aryl methyl sites for hydroxylation is 1. The molecule has 234 valence electrons. The second-order valence-electron chi connectivity index (χ2n) is 12.8. The van der Waals surface area contributed by atoms with Gasteiger partial charge in [-0.15, -0.1) is 0 Å². The zero-order valence-electron chi connectivity index (χ0n) is 25.4. The number of carbonyl (C=O) groups is 1. The fraction of sp³-hybridized carbons (Fsp3) is 0.500.